The lowest BCUT2D eigenvalue weighted by atomic mass is 10.1. The molecule has 0 N–H and O–H groups in total. The van der Waals surface area contributed by atoms with Gasteiger partial charge in [0.2, 0.25) is 5.91 Å². The van der Waals surface area contributed by atoms with Crippen molar-refractivity contribution in [1.29, 1.82) is 0 Å². The Morgan fingerprint density at radius 2 is 2.06 bits per heavy atom. The molecular formula is C13H16BrNO. The summed E-state index contributed by atoms with van der Waals surface area (Å²) in [4.78, 5) is 13.9. The second kappa shape index (κ2) is 5.00. The van der Waals surface area contributed by atoms with Crippen LogP contribution in [0.1, 0.15) is 24.0 Å². The Kier molecular flexibility index (Phi) is 3.64. The molecule has 1 aromatic rings. The highest BCUT2D eigenvalue weighted by Crippen LogP contribution is 2.18. The lowest BCUT2D eigenvalue weighted by Crippen LogP contribution is -2.29. The molecule has 1 amide bonds. The van der Waals surface area contributed by atoms with Gasteiger partial charge in [0, 0.05) is 17.6 Å². The van der Waals surface area contributed by atoms with Gasteiger partial charge in [-0.2, -0.15) is 0 Å². The van der Waals surface area contributed by atoms with E-state index in [1.807, 2.05) is 24.0 Å². The van der Waals surface area contributed by atoms with Gasteiger partial charge in [-0.1, -0.05) is 28.1 Å². The van der Waals surface area contributed by atoms with Crippen molar-refractivity contribution < 1.29 is 4.79 Å². The first-order chi connectivity index (χ1) is 7.66. The van der Waals surface area contributed by atoms with E-state index in [-0.39, 0.29) is 5.91 Å². The van der Waals surface area contributed by atoms with Crippen LogP contribution in [-0.4, -0.2) is 23.9 Å². The van der Waals surface area contributed by atoms with Crippen LogP contribution in [0.2, 0.25) is 0 Å². The average Bonchev–Trinajstić information content (AvgIpc) is 2.77. The normalized spacial score (nSPS) is 15.5. The summed E-state index contributed by atoms with van der Waals surface area (Å²) in [6.45, 7) is 3.93. The molecular weight excluding hydrogens is 266 g/mol. The molecule has 16 heavy (non-hydrogen) atoms. The standard InChI is InChI=1S/C13H16BrNO/c1-10-8-11(4-5-12(10)14)9-13(16)15-6-2-3-7-15/h4-5,8H,2-3,6-7,9H2,1H3. The van der Waals surface area contributed by atoms with Crippen LogP contribution in [0.25, 0.3) is 0 Å². The Bertz CT molecular complexity index is 397. The Labute approximate surface area is 105 Å². The zero-order valence-corrected chi connectivity index (χ0v) is 11.1. The van der Waals surface area contributed by atoms with Gasteiger partial charge in [-0.05, 0) is 37.0 Å². The first kappa shape index (κ1) is 11.6. The van der Waals surface area contributed by atoms with E-state index in [1.54, 1.807) is 0 Å². The summed E-state index contributed by atoms with van der Waals surface area (Å²) in [6, 6.07) is 6.12. The molecule has 0 unspecified atom stereocenters. The molecule has 0 radical (unpaired) electrons. The Morgan fingerprint density at radius 3 is 2.69 bits per heavy atom. The van der Waals surface area contributed by atoms with Crippen LogP contribution in [0.3, 0.4) is 0 Å². The maximum atomic E-state index is 11.9. The number of carbonyl (C=O) groups excluding carboxylic acids is 1. The second-order valence-electron chi connectivity index (χ2n) is 4.35. The van der Waals surface area contributed by atoms with Gasteiger partial charge in [0.25, 0.3) is 0 Å². The number of hydrogen-bond acceptors (Lipinski definition) is 1. The first-order valence-corrected chi connectivity index (χ1v) is 6.49. The molecule has 1 saturated heterocycles. The van der Waals surface area contributed by atoms with E-state index in [4.69, 9.17) is 0 Å². The maximum absolute atomic E-state index is 11.9. The zero-order valence-electron chi connectivity index (χ0n) is 9.50. The van der Waals surface area contributed by atoms with Crippen molar-refractivity contribution in [3.63, 3.8) is 0 Å². The third-order valence-corrected chi connectivity index (χ3v) is 3.93. The number of carbonyl (C=O) groups is 1. The third-order valence-electron chi connectivity index (χ3n) is 3.04. The van der Waals surface area contributed by atoms with Crippen molar-refractivity contribution in [2.75, 3.05) is 13.1 Å². The molecule has 86 valence electrons. The van der Waals surface area contributed by atoms with E-state index in [9.17, 15) is 4.79 Å². The van der Waals surface area contributed by atoms with Gasteiger partial charge >= 0.3 is 0 Å². The number of likely N-dealkylation sites (tertiary alicyclic amines) is 1. The summed E-state index contributed by atoms with van der Waals surface area (Å²) in [5.41, 5.74) is 2.30. The second-order valence-corrected chi connectivity index (χ2v) is 5.20. The van der Waals surface area contributed by atoms with Crippen molar-refractivity contribution in [1.82, 2.24) is 4.90 Å². The molecule has 0 aliphatic carbocycles. The highest BCUT2D eigenvalue weighted by Gasteiger charge is 2.17. The number of aryl methyl sites for hydroxylation is 1. The third kappa shape index (κ3) is 2.64. The van der Waals surface area contributed by atoms with E-state index in [1.165, 1.54) is 5.56 Å². The minimum atomic E-state index is 0.263. The van der Waals surface area contributed by atoms with Gasteiger partial charge in [0.05, 0.1) is 6.42 Å². The summed E-state index contributed by atoms with van der Waals surface area (Å²) in [7, 11) is 0. The topological polar surface area (TPSA) is 20.3 Å². The van der Waals surface area contributed by atoms with Gasteiger partial charge in [0.1, 0.15) is 0 Å². The van der Waals surface area contributed by atoms with Crippen LogP contribution < -0.4 is 0 Å². The van der Waals surface area contributed by atoms with Crippen LogP contribution >= 0.6 is 15.9 Å². The van der Waals surface area contributed by atoms with Gasteiger partial charge in [0.15, 0.2) is 0 Å². The van der Waals surface area contributed by atoms with Crippen LogP contribution in [-0.2, 0) is 11.2 Å². The van der Waals surface area contributed by atoms with Gasteiger partial charge in [-0.3, -0.25) is 4.79 Å². The zero-order chi connectivity index (χ0) is 11.5. The van der Waals surface area contributed by atoms with E-state index in [0.717, 1.165) is 36.0 Å². The van der Waals surface area contributed by atoms with E-state index >= 15 is 0 Å². The minimum absolute atomic E-state index is 0.263. The molecule has 0 atom stereocenters. The number of benzene rings is 1. The first-order valence-electron chi connectivity index (χ1n) is 5.69. The summed E-state index contributed by atoms with van der Waals surface area (Å²) in [5, 5.41) is 0. The highest BCUT2D eigenvalue weighted by molar-refractivity contribution is 9.10. The van der Waals surface area contributed by atoms with Gasteiger partial charge in [-0.25, -0.2) is 0 Å². The van der Waals surface area contributed by atoms with E-state index in [0.29, 0.717) is 6.42 Å². The number of halogens is 1. The van der Waals surface area contributed by atoms with Gasteiger partial charge < -0.3 is 4.90 Å². The molecule has 2 nitrogen and oxygen atoms in total. The molecule has 1 aliphatic rings. The predicted molar refractivity (Wildman–Crippen MR) is 68.4 cm³/mol. The summed E-state index contributed by atoms with van der Waals surface area (Å²) in [6.07, 6.45) is 2.85. The number of hydrogen-bond donors (Lipinski definition) is 0. The highest BCUT2D eigenvalue weighted by atomic mass is 79.9. The van der Waals surface area contributed by atoms with Crippen LogP contribution in [0.5, 0.6) is 0 Å². The Balaban J connectivity index is 2.02. The Morgan fingerprint density at radius 1 is 1.38 bits per heavy atom. The molecule has 2 rings (SSSR count). The SMILES string of the molecule is Cc1cc(CC(=O)N2CCCC2)ccc1Br. The Hall–Kier alpha value is -0.830. The van der Waals surface area contributed by atoms with Crippen LogP contribution in [0.15, 0.2) is 22.7 Å². The van der Waals surface area contributed by atoms with E-state index in [2.05, 4.69) is 22.0 Å². The van der Waals surface area contributed by atoms with Crippen molar-refractivity contribution >= 4 is 21.8 Å². The smallest absolute Gasteiger partial charge is 0.226 e. The van der Waals surface area contributed by atoms with Crippen LogP contribution in [0, 0.1) is 6.92 Å². The number of nitrogens with zero attached hydrogens (tertiary/aromatic N) is 1. The largest absolute Gasteiger partial charge is 0.342 e. The van der Waals surface area contributed by atoms with Crippen molar-refractivity contribution in [2.24, 2.45) is 0 Å². The number of amides is 1. The molecule has 0 saturated carbocycles. The monoisotopic (exact) mass is 281 g/mol. The van der Waals surface area contributed by atoms with Crippen molar-refractivity contribution in [3.05, 3.63) is 33.8 Å². The lowest BCUT2D eigenvalue weighted by Gasteiger charge is -2.15. The molecule has 0 spiro atoms. The van der Waals surface area contributed by atoms with E-state index < -0.39 is 0 Å². The van der Waals surface area contributed by atoms with Crippen molar-refractivity contribution in [2.45, 2.75) is 26.2 Å². The molecule has 1 aliphatic heterocycles. The average molecular weight is 282 g/mol. The molecule has 0 bridgehead atoms. The van der Waals surface area contributed by atoms with Gasteiger partial charge in [-0.15, -0.1) is 0 Å². The lowest BCUT2D eigenvalue weighted by molar-refractivity contribution is -0.129. The fourth-order valence-corrected chi connectivity index (χ4v) is 2.32. The molecule has 1 aromatic carbocycles. The summed E-state index contributed by atoms with van der Waals surface area (Å²) >= 11 is 3.47. The quantitative estimate of drug-likeness (QED) is 0.816. The maximum Gasteiger partial charge on any atom is 0.226 e. The summed E-state index contributed by atoms with van der Waals surface area (Å²) in [5.74, 6) is 0.263. The molecule has 3 heteroatoms. The molecule has 0 aromatic heterocycles. The van der Waals surface area contributed by atoms with Crippen molar-refractivity contribution in [3.8, 4) is 0 Å². The van der Waals surface area contributed by atoms with Crippen LogP contribution in [0.4, 0.5) is 0 Å². The fraction of sp³-hybridized carbons (Fsp3) is 0.462. The minimum Gasteiger partial charge on any atom is -0.342 e. The summed E-state index contributed by atoms with van der Waals surface area (Å²) < 4.78 is 1.10. The molecule has 1 heterocycles. The molecule has 1 fully saturated rings. The number of rotatable bonds is 2. The fourth-order valence-electron chi connectivity index (χ4n) is 2.07. The predicted octanol–water partition coefficient (Wildman–Crippen LogP) is 2.92.